The van der Waals surface area contributed by atoms with Crippen LogP contribution in [-0.4, -0.2) is 17.9 Å². The summed E-state index contributed by atoms with van der Waals surface area (Å²) in [6, 6.07) is 0. The maximum atomic E-state index is 6.26. The van der Waals surface area contributed by atoms with Crippen molar-refractivity contribution in [1.29, 1.82) is 0 Å². The fraction of sp³-hybridized carbons (Fsp3) is 1.00. The zero-order chi connectivity index (χ0) is 12.6. The van der Waals surface area contributed by atoms with Gasteiger partial charge in [-0.1, -0.05) is 33.1 Å². The molecule has 1 saturated heterocycles. The first-order valence-corrected chi connectivity index (χ1v) is 8.05. The van der Waals surface area contributed by atoms with E-state index < -0.39 is 0 Å². The van der Waals surface area contributed by atoms with Gasteiger partial charge in [0, 0.05) is 5.54 Å². The Morgan fingerprint density at radius 1 is 0.944 bits per heavy atom. The lowest BCUT2D eigenvalue weighted by Gasteiger charge is -2.54. The summed E-state index contributed by atoms with van der Waals surface area (Å²) in [6.07, 6.45) is 12.1. The Balaban J connectivity index is 1.75. The van der Waals surface area contributed by atoms with Crippen LogP contribution in [0.3, 0.4) is 0 Å². The fourth-order valence-corrected chi connectivity index (χ4v) is 4.91. The number of hydrogen-bond acceptors (Lipinski definition) is 2. The average Bonchev–Trinajstić information content (AvgIpc) is 2.27. The first kappa shape index (κ1) is 12.9. The summed E-state index contributed by atoms with van der Waals surface area (Å²) in [7, 11) is 0. The van der Waals surface area contributed by atoms with Crippen LogP contribution in [0.25, 0.3) is 0 Å². The first-order valence-electron chi connectivity index (χ1n) is 8.05. The molecule has 0 aromatic carbocycles. The molecule has 0 bridgehead atoms. The molecule has 0 amide bonds. The van der Waals surface area contributed by atoms with E-state index in [1.807, 2.05) is 0 Å². The van der Waals surface area contributed by atoms with Crippen LogP contribution in [0, 0.1) is 11.8 Å². The van der Waals surface area contributed by atoms with Gasteiger partial charge in [0.15, 0.2) is 0 Å². The Morgan fingerprint density at radius 3 is 2.28 bits per heavy atom. The molecule has 0 aromatic heterocycles. The van der Waals surface area contributed by atoms with Gasteiger partial charge in [-0.3, -0.25) is 5.32 Å². The molecular weight excluding hydrogens is 222 g/mol. The number of rotatable bonds is 0. The monoisotopic (exact) mass is 251 g/mol. The van der Waals surface area contributed by atoms with Crippen LogP contribution in [-0.2, 0) is 4.74 Å². The van der Waals surface area contributed by atoms with Crippen molar-refractivity contribution in [2.75, 3.05) is 6.61 Å². The zero-order valence-electron chi connectivity index (χ0n) is 12.1. The minimum Gasteiger partial charge on any atom is -0.361 e. The third-order valence-corrected chi connectivity index (χ3v) is 5.42. The summed E-state index contributed by atoms with van der Waals surface area (Å²) in [5.74, 6) is 1.61. The van der Waals surface area contributed by atoms with E-state index >= 15 is 0 Å². The van der Waals surface area contributed by atoms with Crippen LogP contribution in [0.5, 0.6) is 0 Å². The van der Waals surface area contributed by atoms with Gasteiger partial charge in [-0.2, -0.15) is 0 Å². The van der Waals surface area contributed by atoms with Crippen LogP contribution < -0.4 is 5.32 Å². The van der Waals surface area contributed by atoms with Crippen LogP contribution in [0.2, 0.25) is 0 Å². The van der Waals surface area contributed by atoms with Gasteiger partial charge in [-0.25, -0.2) is 0 Å². The number of nitrogens with one attached hydrogen (secondary N) is 1. The normalized spacial score (nSPS) is 44.3. The van der Waals surface area contributed by atoms with E-state index in [2.05, 4.69) is 19.2 Å². The summed E-state index contributed by atoms with van der Waals surface area (Å²) in [4.78, 5) is 0. The Labute approximate surface area is 112 Å². The summed E-state index contributed by atoms with van der Waals surface area (Å²) >= 11 is 0. The van der Waals surface area contributed by atoms with E-state index in [1.165, 1.54) is 57.8 Å². The van der Waals surface area contributed by atoms with Crippen molar-refractivity contribution in [3.05, 3.63) is 0 Å². The topological polar surface area (TPSA) is 21.3 Å². The predicted molar refractivity (Wildman–Crippen MR) is 74.4 cm³/mol. The molecule has 1 aliphatic heterocycles. The van der Waals surface area contributed by atoms with E-state index in [0.29, 0.717) is 5.54 Å². The van der Waals surface area contributed by atoms with E-state index in [-0.39, 0.29) is 5.72 Å². The van der Waals surface area contributed by atoms with Crippen LogP contribution >= 0.6 is 0 Å². The Bertz CT molecular complexity index is 280. The molecule has 2 aliphatic carbocycles. The molecule has 3 rings (SSSR count). The Morgan fingerprint density at radius 2 is 1.61 bits per heavy atom. The highest BCUT2D eigenvalue weighted by Gasteiger charge is 2.48. The standard InChI is InChI=1S/C16H29NO/c1-13-10-14(2)12-16(11-13)17-15(8-9-18-16)6-4-3-5-7-15/h13-14,17H,3-12H2,1-2H3. The minimum atomic E-state index is 0.0205. The largest absolute Gasteiger partial charge is 0.361 e. The Hall–Kier alpha value is -0.0800. The van der Waals surface area contributed by atoms with Gasteiger partial charge >= 0.3 is 0 Å². The maximum absolute atomic E-state index is 6.26. The van der Waals surface area contributed by atoms with Crippen molar-refractivity contribution in [3.63, 3.8) is 0 Å². The fourth-order valence-electron chi connectivity index (χ4n) is 4.91. The SMILES string of the molecule is CC1CC(C)CC2(C1)NC1(CCCCC1)CCO2. The smallest absolute Gasteiger partial charge is 0.120 e. The van der Waals surface area contributed by atoms with Gasteiger partial charge < -0.3 is 4.74 Å². The summed E-state index contributed by atoms with van der Waals surface area (Å²) < 4.78 is 6.26. The zero-order valence-corrected chi connectivity index (χ0v) is 12.1. The van der Waals surface area contributed by atoms with Crippen LogP contribution in [0.15, 0.2) is 0 Å². The molecule has 1 N–H and O–H groups in total. The number of hydrogen-bond donors (Lipinski definition) is 1. The Kier molecular flexibility index (Phi) is 3.44. The van der Waals surface area contributed by atoms with E-state index in [0.717, 1.165) is 18.4 Å². The van der Waals surface area contributed by atoms with Gasteiger partial charge in [-0.05, 0) is 50.4 Å². The molecule has 2 atom stereocenters. The second-order valence-corrected chi connectivity index (χ2v) is 7.41. The summed E-state index contributed by atoms with van der Waals surface area (Å²) in [5.41, 5.74) is 0.444. The van der Waals surface area contributed by atoms with Gasteiger partial charge in [0.1, 0.15) is 5.72 Å². The lowest BCUT2D eigenvalue weighted by atomic mass is 9.72. The van der Waals surface area contributed by atoms with Gasteiger partial charge in [0.05, 0.1) is 6.61 Å². The lowest BCUT2D eigenvalue weighted by molar-refractivity contribution is -0.171. The third kappa shape index (κ3) is 2.46. The highest BCUT2D eigenvalue weighted by Crippen LogP contribution is 2.44. The maximum Gasteiger partial charge on any atom is 0.120 e. The molecular formula is C16H29NO. The molecule has 3 aliphatic rings. The molecule has 2 spiro atoms. The third-order valence-electron chi connectivity index (χ3n) is 5.42. The van der Waals surface area contributed by atoms with Crippen molar-refractivity contribution >= 4 is 0 Å². The second kappa shape index (κ2) is 4.79. The van der Waals surface area contributed by atoms with Gasteiger partial charge in [0.25, 0.3) is 0 Å². The van der Waals surface area contributed by atoms with Crippen molar-refractivity contribution in [1.82, 2.24) is 5.32 Å². The van der Waals surface area contributed by atoms with Gasteiger partial charge in [0.2, 0.25) is 0 Å². The first-order chi connectivity index (χ1) is 8.62. The highest BCUT2D eigenvalue weighted by molar-refractivity contribution is 5.01. The molecule has 104 valence electrons. The van der Waals surface area contributed by atoms with Crippen molar-refractivity contribution in [3.8, 4) is 0 Å². The van der Waals surface area contributed by atoms with E-state index in [9.17, 15) is 0 Å². The van der Waals surface area contributed by atoms with E-state index in [4.69, 9.17) is 4.74 Å². The van der Waals surface area contributed by atoms with Crippen LogP contribution in [0.1, 0.15) is 71.6 Å². The average molecular weight is 251 g/mol. The number of ether oxygens (including phenoxy) is 1. The molecule has 18 heavy (non-hydrogen) atoms. The lowest BCUT2D eigenvalue weighted by Crippen LogP contribution is -2.66. The molecule has 0 radical (unpaired) electrons. The predicted octanol–water partition coefficient (Wildman–Crippen LogP) is 3.85. The minimum absolute atomic E-state index is 0.0205. The van der Waals surface area contributed by atoms with Gasteiger partial charge in [-0.15, -0.1) is 0 Å². The summed E-state index contributed by atoms with van der Waals surface area (Å²) in [6.45, 7) is 5.77. The van der Waals surface area contributed by atoms with Crippen molar-refractivity contribution in [2.24, 2.45) is 11.8 Å². The molecule has 2 saturated carbocycles. The molecule has 0 aromatic rings. The molecule has 2 unspecified atom stereocenters. The highest BCUT2D eigenvalue weighted by atomic mass is 16.5. The summed E-state index contributed by atoms with van der Waals surface area (Å²) in [5, 5.41) is 4.02. The second-order valence-electron chi connectivity index (χ2n) is 7.41. The quantitative estimate of drug-likeness (QED) is 0.706. The molecule has 2 nitrogen and oxygen atoms in total. The van der Waals surface area contributed by atoms with Crippen molar-refractivity contribution in [2.45, 2.75) is 82.9 Å². The van der Waals surface area contributed by atoms with E-state index in [1.54, 1.807) is 0 Å². The molecule has 1 heterocycles. The van der Waals surface area contributed by atoms with Crippen LogP contribution in [0.4, 0.5) is 0 Å². The molecule has 2 heteroatoms. The van der Waals surface area contributed by atoms with Crippen molar-refractivity contribution < 1.29 is 4.74 Å². The molecule has 3 fully saturated rings.